The fourth-order valence-corrected chi connectivity index (χ4v) is 4.80. The fraction of sp³-hybridized carbons (Fsp3) is 0.217. The SMILES string of the molecule is Cc1cc(OCc2nnc(SCC(=O)Nc3nc(-c4ccc(Cl)cc4)cs3)n2C)cc(C)c1Cl. The summed E-state index contributed by atoms with van der Waals surface area (Å²) in [5, 5.41) is 15.7. The monoisotopic (exact) mass is 533 g/mol. The zero-order chi connectivity index (χ0) is 24.2. The maximum atomic E-state index is 12.4. The minimum atomic E-state index is -0.171. The quantitative estimate of drug-likeness (QED) is 0.272. The minimum absolute atomic E-state index is 0.171. The third-order valence-electron chi connectivity index (χ3n) is 4.93. The van der Waals surface area contributed by atoms with Crippen LogP contribution in [0, 0.1) is 13.8 Å². The van der Waals surface area contributed by atoms with Gasteiger partial charge in [0, 0.05) is 28.0 Å². The molecule has 34 heavy (non-hydrogen) atoms. The zero-order valence-corrected chi connectivity index (χ0v) is 21.8. The summed E-state index contributed by atoms with van der Waals surface area (Å²) in [7, 11) is 1.84. The average Bonchev–Trinajstić information content (AvgIpc) is 3.41. The van der Waals surface area contributed by atoms with Gasteiger partial charge in [-0.2, -0.15) is 0 Å². The van der Waals surface area contributed by atoms with Crippen LogP contribution < -0.4 is 10.1 Å². The molecule has 2 aromatic carbocycles. The predicted octanol–water partition coefficient (Wildman–Crippen LogP) is 6.17. The molecule has 0 unspecified atom stereocenters. The maximum absolute atomic E-state index is 12.4. The summed E-state index contributed by atoms with van der Waals surface area (Å²) in [6.45, 7) is 4.13. The molecule has 0 bridgehead atoms. The highest BCUT2D eigenvalue weighted by Crippen LogP contribution is 2.28. The summed E-state index contributed by atoms with van der Waals surface area (Å²) in [5.41, 5.74) is 3.64. The number of ether oxygens (including phenoxy) is 1. The molecule has 0 saturated carbocycles. The molecule has 0 aliphatic rings. The molecule has 7 nitrogen and oxygen atoms in total. The number of anilines is 1. The third-order valence-corrected chi connectivity index (χ3v) is 7.55. The van der Waals surface area contributed by atoms with E-state index in [-0.39, 0.29) is 18.3 Å². The Balaban J connectivity index is 1.30. The van der Waals surface area contributed by atoms with Crippen molar-refractivity contribution in [1.82, 2.24) is 19.7 Å². The van der Waals surface area contributed by atoms with Crippen molar-refractivity contribution in [3.63, 3.8) is 0 Å². The second-order valence-corrected chi connectivity index (χ2v) is 10.1. The number of thioether (sulfide) groups is 1. The molecule has 0 atom stereocenters. The van der Waals surface area contributed by atoms with E-state index in [1.807, 2.05) is 67.2 Å². The molecule has 1 N–H and O–H groups in total. The number of carbonyl (C=O) groups is 1. The maximum Gasteiger partial charge on any atom is 0.236 e. The molecule has 4 aromatic rings. The number of nitrogens with one attached hydrogen (secondary N) is 1. The number of amides is 1. The van der Waals surface area contributed by atoms with Crippen LogP contribution >= 0.6 is 46.3 Å². The van der Waals surface area contributed by atoms with Crippen LogP contribution in [-0.2, 0) is 18.4 Å². The van der Waals surface area contributed by atoms with Crippen LogP contribution in [-0.4, -0.2) is 31.4 Å². The Kier molecular flexibility index (Phi) is 7.77. The summed E-state index contributed by atoms with van der Waals surface area (Å²) in [5.74, 6) is 1.38. The molecule has 1 amide bonds. The van der Waals surface area contributed by atoms with E-state index >= 15 is 0 Å². The van der Waals surface area contributed by atoms with Crippen molar-refractivity contribution in [2.24, 2.45) is 7.05 Å². The van der Waals surface area contributed by atoms with E-state index in [1.54, 1.807) is 0 Å². The van der Waals surface area contributed by atoms with Crippen molar-refractivity contribution in [3.05, 3.63) is 68.8 Å². The van der Waals surface area contributed by atoms with Gasteiger partial charge < -0.3 is 14.6 Å². The van der Waals surface area contributed by atoms with Crippen molar-refractivity contribution in [2.45, 2.75) is 25.6 Å². The van der Waals surface area contributed by atoms with E-state index in [1.165, 1.54) is 23.1 Å². The van der Waals surface area contributed by atoms with Gasteiger partial charge >= 0.3 is 0 Å². The van der Waals surface area contributed by atoms with Crippen LogP contribution in [0.25, 0.3) is 11.3 Å². The normalized spacial score (nSPS) is 11.0. The van der Waals surface area contributed by atoms with Crippen LogP contribution in [0.3, 0.4) is 0 Å². The Hall–Kier alpha value is -2.59. The molecule has 11 heteroatoms. The van der Waals surface area contributed by atoms with Gasteiger partial charge in [0.05, 0.1) is 11.4 Å². The topological polar surface area (TPSA) is 81.9 Å². The predicted molar refractivity (Wildman–Crippen MR) is 138 cm³/mol. The van der Waals surface area contributed by atoms with E-state index < -0.39 is 0 Å². The van der Waals surface area contributed by atoms with Gasteiger partial charge in [0.1, 0.15) is 12.4 Å². The van der Waals surface area contributed by atoms with Gasteiger partial charge in [0.25, 0.3) is 0 Å². The number of aromatic nitrogens is 4. The van der Waals surface area contributed by atoms with E-state index in [0.717, 1.165) is 33.2 Å². The molecule has 0 radical (unpaired) electrons. The lowest BCUT2D eigenvalue weighted by Crippen LogP contribution is -2.14. The summed E-state index contributed by atoms with van der Waals surface area (Å²) in [6, 6.07) is 11.2. The molecule has 4 rings (SSSR count). The highest BCUT2D eigenvalue weighted by molar-refractivity contribution is 7.99. The van der Waals surface area contributed by atoms with Crippen molar-refractivity contribution >= 4 is 57.3 Å². The molecule has 176 valence electrons. The van der Waals surface area contributed by atoms with Crippen LogP contribution in [0.1, 0.15) is 17.0 Å². The van der Waals surface area contributed by atoms with Gasteiger partial charge in [-0.25, -0.2) is 4.98 Å². The Morgan fingerprint density at radius 2 is 1.85 bits per heavy atom. The minimum Gasteiger partial charge on any atom is -0.486 e. The van der Waals surface area contributed by atoms with Gasteiger partial charge in [0.15, 0.2) is 16.1 Å². The summed E-state index contributed by atoms with van der Waals surface area (Å²) in [6.07, 6.45) is 0. The van der Waals surface area contributed by atoms with Gasteiger partial charge in [-0.1, -0.05) is 47.1 Å². The van der Waals surface area contributed by atoms with Crippen LogP contribution in [0.5, 0.6) is 5.75 Å². The molecular formula is C23H21Cl2N5O2S2. The average molecular weight is 534 g/mol. The van der Waals surface area contributed by atoms with Crippen molar-refractivity contribution in [1.29, 1.82) is 0 Å². The number of aryl methyl sites for hydroxylation is 2. The third kappa shape index (κ3) is 5.90. The van der Waals surface area contributed by atoms with E-state index in [9.17, 15) is 4.79 Å². The highest BCUT2D eigenvalue weighted by Gasteiger charge is 2.14. The molecule has 0 saturated heterocycles. The number of thiazole rings is 1. The lowest BCUT2D eigenvalue weighted by atomic mass is 10.1. The second kappa shape index (κ2) is 10.8. The number of rotatable bonds is 8. The van der Waals surface area contributed by atoms with Crippen molar-refractivity contribution < 1.29 is 9.53 Å². The summed E-state index contributed by atoms with van der Waals surface area (Å²) < 4.78 is 7.68. The Bertz CT molecular complexity index is 1300. The smallest absolute Gasteiger partial charge is 0.236 e. The highest BCUT2D eigenvalue weighted by atomic mass is 35.5. The number of benzene rings is 2. The molecular weight excluding hydrogens is 513 g/mol. The van der Waals surface area contributed by atoms with Gasteiger partial charge in [0.2, 0.25) is 5.91 Å². The lowest BCUT2D eigenvalue weighted by molar-refractivity contribution is -0.113. The van der Waals surface area contributed by atoms with E-state index in [2.05, 4.69) is 20.5 Å². The Morgan fingerprint density at radius 1 is 1.15 bits per heavy atom. The molecule has 0 aliphatic heterocycles. The molecule has 2 heterocycles. The number of halogens is 2. The van der Waals surface area contributed by atoms with Crippen LogP contribution in [0.2, 0.25) is 10.0 Å². The van der Waals surface area contributed by atoms with E-state index in [0.29, 0.717) is 21.1 Å². The number of nitrogens with zero attached hydrogens (tertiary/aromatic N) is 4. The number of carbonyl (C=O) groups excluding carboxylic acids is 1. The molecule has 0 aliphatic carbocycles. The van der Waals surface area contributed by atoms with Gasteiger partial charge in [-0.15, -0.1) is 21.5 Å². The Morgan fingerprint density at radius 3 is 2.56 bits per heavy atom. The number of hydrogen-bond donors (Lipinski definition) is 1. The first-order valence-corrected chi connectivity index (χ1v) is 12.8. The summed E-state index contributed by atoms with van der Waals surface area (Å²) >= 11 is 14.8. The zero-order valence-electron chi connectivity index (χ0n) is 18.6. The van der Waals surface area contributed by atoms with Gasteiger partial charge in [-0.3, -0.25) is 4.79 Å². The summed E-state index contributed by atoms with van der Waals surface area (Å²) in [4.78, 5) is 16.9. The number of hydrogen-bond acceptors (Lipinski definition) is 7. The molecule has 0 fully saturated rings. The van der Waals surface area contributed by atoms with Crippen molar-refractivity contribution in [3.8, 4) is 17.0 Å². The molecule has 0 spiro atoms. The fourth-order valence-electron chi connectivity index (χ4n) is 3.10. The lowest BCUT2D eigenvalue weighted by Gasteiger charge is -2.10. The first-order valence-electron chi connectivity index (χ1n) is 10.2. The molecule has 2 aromatic heterocycles. The first-order chi connectivity index (χ1) is 16.3. The second-order valence-electron chi connectivity index (χ2n) is 7.50. The first kappa shape index (κ1) is 24.5. The standard InChI is InChI=1S/C23H21Cl2N5O2S2/c1-13-8-17(9-14(2)21(13)25)32-10-19-28-29-23(30(19)3)34-12-20(31)27-22-26-18(11-33-22)15-4-6-16(24)7-5-15/h4-9,11H,10,12H2,1-3H3,(H,26,27,31). The van der Waals surface area contributed by atoms with Crippen LogP contribution in [0.4, 0.5) is 5.13 Å². The van der Waals surface area contributed by atoms with E-state index in [4.69, 9.17) is 27.9 Å². The largest absolute Gasteiger partial charge is 0.486 e. The van der Waals surface area contributed by atoms with Crippen molar-refractivity contribution in [2.75, 3.05) is 11.1 Å². The van der Waals surface area contributed by atoms with Gasteiger partial charge in [-0.05, 0) is 49.2 Å². The Labute approximate surface area is 215 Å². The van der Waals surface area contributed by atoms with Crippen LogP contribution in [0.15, 0.2) is 46.9 Å².